The van der Waals surface area contributed by atoms with Crippen molar-refractivity contribution in [3.63, 3.8) is 0 Å². The van der Waals surface area contributed by atoms with E-state index in [0.717, 1.165) is 5.56 Å². The van der Waals surface area contributed by atoms with Gasteiger partial charge in [0.2, 0.25) is 0 Å². The zero-order valence-electron chi connectivity index (χ0n) is 13.3. The summed E-state index contributed by atoms with van der Waals surface area (Å²) in [5, 5.41) is 6.74. The first kappa shape index (κ1) is 21.4. The lowest BCUT2D eigenvalue weighted by molar-refractivity contribution is 0.0874. The number of nitrogens with two attached hydrogens (primary N) is 1. The van der Waals surface area contributed by atoms with Crippen LogP contribution < -0.4 is 11.1 Å². The van der Waals surface area contributed by atoms with E-state index in [1.807, 2.05) is 26.8 Å². The summed E-state index contributed by atoms with van der Waals surface area (Å²) in [4.78, 5) is 16.3. The predicted molar refractivity (Wildman–Crippen MR) is 94.0 cm³/mol. The average Bonchev–Trinajstić information content (AvgIpc) is 2.97. The second kappa shape index (κ2) is 8.86. The summed E-state index contributed by atoms with van der Waals surface area (Å²) in [6, 6.07) is 5.23. The van der Waals surface area contributed by atoms with E-state index >= 15 is 0 Å². The lowest BCUT2D eigenvalue weighted by Gasteiger charge is -2.33. The molecule has 0 aliphatic carbocycles. The fourth-order valence-electron chi connectivity index (χ4n) is 1.78. The molecule has 1 amide bonds. The number of carbonyl (C=O) groups excluding carboxylic acids is 1. The van der Waals surface area contributed by atoms with E-state index in [9.17, 15) is 4.79 Å². The van der Waals surface area contributed by atoms with E-state index in [2.05, 4.69) is 15.5 Å². The highest BCUT2D eigenvalue weighted by atomic mass is 35.5. The number of amides is 1. The van der Waals surface area contributed by atoms with Crippen LogP contribution in [0.2, 0.25) is 0 Å². The molecule has 0 radical (unpaired) electrons. The summed E-state index contributed by atoms with van der Waals surface area (Å²) in [5.41, 5.74) is 6.29. The number of nitrogens with zero attached hydrogens (tertiary/aromatic N) is 2. The van der Waals surface area contributed by atoms with Crippen molar-refractivity contribution in [1.29, 1.82) is 0 Å². The minimum atomic E-state index is -0.482. The van der Waals surface area contributed by atoms with Crippen LogP contribution in [-0.4, -0.2) is 28.1 Å². The van der Waals surface area contributed by atoms with Crippen molar-refractivity contribution < 1.29 is 9.32 Å². The van der Waals surface area contributed by atoms with Gasteiger partial charge in [-0.25, -0.2) is 0 Å². The number of pyridine rings is 1. The van der Waals surface area contributed by atoms with Gasteiger partial charge in [0, 0.05) is 30.6 Å². The number of aromatic nitrogens is 2. The third-order valence-corrected chi connectivity index (χ3v) is 3.79. The van der Waals surface area contributed by atoms with Gasteiger partial charge in [-0.3, -0.25) is 9.78 Å². The highest BCUT2D eigenvalue weighted by Gasteiger charge is 2.30. The van der Waals surface area contributed by atoms with E-state index in [1.165, 1.54) is 0 Å². The molecule has 2 aromatic heterocycles. The van der Waals surface area contributed by atoms with E-state index in [0.29, 0.717) is 12.3 Å². The molecule has 0 spiro atoms. The Morgan fingerprint density at radius 3 is 2.65 bits per heavy atom. The minimum Gasteiger partial charge on any atom is -0.355 e. The molecule has 6 nitrogen and oxygen atoms in total. The van der Waals surface area contributed by atoms with Gasteiger partial charge in [-0.15, -0.1) is 24.8 Å². The molecular weight excluding hydrogens is 339 g/mol. The third kappa shape index (κ3) is 4.92. The largest absolute Gasteiger partial charge is 0.355 e. The molecule has 0 aromatic carbocycles. The smallest absolute Gasteiger partial charge is 0.273 e. The topological polar surface area (TPSA) is 94.0 Å². The van der Waals surface area contributed by atoms with Crippen molar-refractivity contribution in [2.24, 2.45) is 11.7 Å². The lowest BCUT2D eigenvalue weighted by Crippen LogP contribution is -2.55. The van der Waals surface area contributed by atoms with Gasteiger partial charge in [0.15, 0.2) is 11.5 Å². The Kier molecular flexibility index (Phi) is 8.23. The molecular formula is C15H22Cl2N4O2. The van der Waals surface area contributed by atoms with E-state index in [-0.39, 0.29) is 42.3 Å². The van der Waals surface area contributed by atoms with E-state index in [4.69, 9.17) is 10.3 Å². The molecule has 1 unspecified atom stereocenters. The van der Waals surface area contributed by atoms with Crippen LogP contribution in [0.25, 0.3) is 11.3 Å². The molecule has 128 valence electrons. The van der Waals surface area contributed by atoms with Gasteiger partial charge < -0.3 is 15.6 Å². The summed E-state index contributed by atoms with van der Waals surface area (Å²) in [7, 11) is 0. The van der Waals surface area contributed by atoms with Crippen LogP contribution in [0, 0.1) is 5.92 Å². The molecule has 0 bridgehead atoms. The normalized spacial score (nSPS) is 12.7. The predicted octanol–water partition coefficient (Wildman–Crippen LogP) is 2.68. The van der Waals surface area contributed by atoms with Gasteiger partial charge >= 0.3 is 0 Å². The van der Waals surface area contributed by atoms with Crippen LogP contribution in [-0.2, 0) is 0 Å². The molecule has 0 fully saturated rings. The van der Waals surface area contributed by atoms with Gasteiger partial charge in [0.25, 0.3) is 5.91 Å². The zero-order valence-corrected chi connectivity index (χ0v) is 14.9. The average molecular weight is 361 g/mol. The van der Waals surface area contributed by atoms with Crippen molar-refractivity contribution in [2.45, 2.75) is 26.3 Å². The van der Waals surface area contributed by atoms with Gasteiger partial charge in [-0.05, 0) is 25.0 Å². The fraction of sp³-hybridized carbons (Fsp3) is 0.400. The van der Waals surface area contributed by atoms with Crippen molar-refractivity contribution in [3.8, 4) is 11.3 Å². The Bertz CT molecular complexity index is 619. The summed E-state index contributed by atoms with van der Waals surface area (Å²) in [5.74, 6) is 0.416. The highest BCUT2D eigenvalue weighted by molar-refractivity contribution is 5.93. The van der Waals surface area contributed by atoms with Crippen LogP contribution in [0.4, 0.5) is 0 Å². The Morgan fingerprint density at radius 1 is 1.43 bits per heavy atom. The standard InChI is InChI=1S/C15H20N4O2.2ClH/c1-10(2)15(3,9-16)18-14(20)12-7-13(21-19-12)11-5-4-6-17-8-11;;/h4-8,10H,9,16H2,1-3H3,(H,18,20);2*1H. The lowest BCUT2D eigenvalue weighted by atomic mass is 9.88. The Morgan fingerprint density at radius 2 is 2.13 bits per heavy atom. The van der Waals surface area contributed by atoms with E-state index in [1.54, 1.807) is 24.5 Å². The van der Waals surface area contributed by atoms with Gasteiger partial charge in [-0.2, -0.15) is 0 Å². The molecule has 0 aliphatic rings. The second-order valence-electron chi connectivity index (χ2n) is 5.55. The number of hydrogen-bond donors (Lipinski definition) is 2. The Labute approximate surface area is 148 Å². The molecule has 2 rings (SSSR count). The highest BCUT2D eigenvalue weighted by Crippen LogP contribution is 2.20. The molecule has 0 saturated carbocycles. The van der Waals surface area contributed by atoms with Crippen LogP contribution in [0.3, 0.4) is 0 Å². The monoisotopic (exact) mass is 360 g/mol. The van der Waals surface area contributed by atoms with Crippen molar-refractivity contribution in [3.05, 3.63) is 36.3 Å². The first-order valence-electron chi connectivity index (χ1n) is 6.86. The van der Waals surface area contributed by atoms with Gasteiger partial charge in [-0.1, -0.05) is 19.0 Å². The summed E-state index contributed by atoms with van der Waals surface area (Å²) < 4.78 is 5.20. The molecule has 3 N–H and O–H groups in total. The maximum atomic E-state index is 12.3. The van der Waals surface area contributed by atoms with Crippen molar-refractivity contribution in [1.82, 2.24) is 15.5 Å². The van der Waals surface area contributed by atoms with E-state index < -0.39 is 5.54 Å². The minimum absolute atomic E-state index is 0. The van der Waals surface area contributed by atoms with Gasteiger partial charge in [0.05, 0.1) is 5.54 Å². The maximum Gasteiger partial charge on any atom is 0.273 e. The maximum absolute atomic E-state index is 12.3. The first-order chi connectivity index (χ1) is 9.96. The SMILES string of the molecule is CC(C)C(C)(CN)NC(=O)c1cc(-c2cccnc2)on1.Cl.Cl. The van der Waals surface area contributed by atoms with Crippen molar-refractivity contribution >= 4 is 30.7 Å². The Balaban J connectivity index is 0.00000242. The molecule has 2 heterocycles. The molecule has 2 aromatic rings. The van der Waals surface area contributed by atoms with Crippen LogP contribution in [0.5, 0.6) is 0 Å². The number of hydrogen-bond acceptors (Lipinski definition) is 5. The molecule has 0 saturated heterocycles. The summed E-state index contributed by atoms with van der Waals surface area (Å²) in [6.45, 7) is 6.29. The number of carbonyl (C=O) groups is 1. The Hall–Kier alpha value is -1.63. The van der Waals surface area contributed by atoms with Crippen molar-refractivity contribution in [2.75, 3.05) is 6.54 Å². The molecule has 8 heteroatoms. The first-order valence-corrected chi connectivity index (χ1v) is 6.86. The quantitative estimate of drug-likeness (QED) is 0.854. The molecule has 0 aliphatic heterocycles. The summed E-state index contributed by atoms with van der Waals surface area (Å²) in [6.07, 6.45) is 3.32. The zero-order chi connectivity index (χ0) is 15.5. The fourth-order valence-corrected chi connectivity index (χ4v) is 1.78. The number of nitrogens with one attached hydrogen (secondary N) is 1. The van der Waals surface area contributed by atoms with Crippen LogP contribution in [0.15, 0.2) is 35.1 Å². The van der Waals surface area contributed by atoms with Crippen LogP contribution in [0.1, 0.15) is 31.3 Å². The van der Waals surface area contributed by atoms with Crippen LogP contribution >= 0.6 is 24.8 Å². The van der Waals surface area contributed by atoms with Gasteiger partial charge in [0.1, 0.15) is 0 Å². The number of halogens is 2. The summed E-state index contributed by atoms with van der Waals surface area (Å²) >= 11 is 0. The third-order valence-electron chi connectivity index (χ3n) is 3.79. The number of rotatable bonds is 5. The second-order valence-corrected chi connectivity index (χ2v) is 5.55. The molecule has 1 atom stereocenters. The molecule has 23 heavy (non-hydrogen) atoms.